The van der Waals surface area contributed by atoms with Crippen molar-refractivity contribution in [2.45, 2.75) is 6.10 Å². The number of hydrogen-bond acceptors (Lipinski definition) is 5. The maximum atomic E-state index is 11.8. The zero-order valence-electron chi connectivity index (χ0n) is 11.2. The molecular formula is C15H15NO4. The summed E-state index contributed by atoms with van der Waals surface area (Å²) in [5.41, 5.74) is 2.25. The van der Waals surface area contributed by atoms with E-state index in [-0.39, 0.29) is 12.1 Å². The number of aromatic nitrogens is 1. The molecule has 0 bridgehead atoms. The molecule has 1 aromatic carbocycles. The Morgan fingerprint density at radius 3 is 3.00 bits per heavy atom. The molecule has 1 aromatic heterocycles. The van der Waals surface area contributed by atoms with E-state index in [2.05, 4.69) is 4.98 Å². The van der Waals surface area contributed by atoms with E-state index in [1.807, 2.05) is 18.2 Å². The molecule has 0 N–H and O–H groups in total. The molecule has 0 radical (unpaired) electrons. The minimum atomic E-state index is -0.365. The maximum absolute atomic E-state index is 11.8. The number of nitrogens with zero attached hydrogens (tertiary/aromatic N) is 1. The van der Waals surface area contributed by atoms with Crippen molar-refractivity contribution in [3.63, 3.8) is 0 Å². The molecule has 0 amide bonds. The first-order valence-electron chi connectivity index (χ1n) is 6.46. The lowest BCUT2D eigenvalue weighted by molar-refractivity contribution is -0.0901. The van der Waals surface area contributed by atoms with Crippen LogP contribution in [0.5, 0.6) is 0 Å². The van der Waals surface area contributed by atoms with E-state index < -0.39 is 0 Å². The molecule has 2 aromatic rings. The first-order valence-corrected chi connectivity index (χ1v) is 6.46. The van der Waals surface area contributed by atoms with Crippen LogP contribution >= 0.6 is 0 Å². The number of fused-ring (bicyclic) bond motifs is 1. The molecule has 20 heavy (non-hydrogen) atoms. The summed E-state index contributed by atoms with van der Waals surface area (Å²) in [7, 11) is 1.37. The van der Waals surface area contributed by atoms with Crippen LogP contribution in [0.15, 0.2) is 30.5 Å². The van der Waals surface area contributed by atoms with Gasteiger partial charge in [0, 0.05) is 11.6 Å². The van der Waals surface area contributed by atoms with Crippen molar-refractivity contribution < 1.29 is 19.0 Å². The average molecular weight is 273 g/mol. The summed E-state index contributed by atoms with van der Waals surface area (Å²) >= 11 is 0. The van der Waals surface area contributed by atoms with Crippen molar-refractivity contribution in [2.24, 2.45) is 0 Å². The van der Waals surface area contributed by atoms with Crippen LogP contribution in [0.4, 0.5) is 0 Å². The van der Waals surface area contributed by atoms with Gasteiger partial charge in [0.2, 0.25) is 0 Å². The van der Waals surface area contributed by atoms with Gasteiger partial charge in [-0.25, -0.2) is 4.79 Å². The summed E-state index contributed by atoms with van der Waals surface area (Å²) < 4.78 is 15.9. The number of ether oxygens (including phenoxy) is 3. The van der Waals surface area contributed by atoms with Gasteiger partial charge in [-0.3, -0.25) is 4.98 Å². The third-order valence-corrected chi connectivity index (χ3v) is 3.36. The monoisotopic (exact) mass is 273 g/mol. The van der Waals surface area contributed by atoms with Gasteiger partial charge in [-0.15, -0.1) is 0 Å². The number of carbonyl (C=O) groups excluding carboxylic acids is 1. The summed E-state index contributed by atoms with van der Waals surface area (Å²) in [5, 5.41) is 0.769. The fourth-order valence-corrected chi connectivity index (χ4v) is 2.33. The Hall–Kier alpha value is -1.98. The van der Waals surface area contributed by atoms with Crippen LogP contribution < -0.4 is 0 Å². The highest BCUT2D eigenvalue weighted by Gasteiger charge is 2.18. The van der Waals surface area contributed by atoms with Crippen molar-refractivity contribution >= 4 is 16.9 Å². The number of benzene rings is 1. The van der Waals surface area contributed by atoms with E-state index >= 15 is 0 Å². The van der Waals surface area contributed by atoms with Crippen LogP contribution in [0, 0.1) is 0 Å². The molecule has 0 unspecified atom stereocenters. The largest absolute Gasteiger partial charge is 0.465 e. The van der Waals surface area contributed by atoms with E-state index in [0.717, 1.165) is 16.5 Å². The minimum absolute atomic E-state index is 0.0983. The minimum Gasteiger partial charge on any atom is -0.465 e. The molecule has 0 spiro atoms. The number of esters is 1. The third kappa shape index (κ3) is 2.37. The van der Waals surface area contributed by atoms with Gasteiger partial charge in [-0.2, -0.15) is 0 Å². The Kier molecular flexibility index (Phi) is 3.62. The molecule has 0 saturated carbocycles. The highest BCUT2D eigenvalue weighted by Crippen LogP contribution is 2.26. The van der Waals surface area contributed by atoms with Crippen molar-refractivity contribution in [2.75, 3.05) is 26.9 Å². The van der Waals surface area contributed by atoms with Crippen LogP contribution in [0.3, 0.4) is 0 Å². The molecule has 5 heteroatoms. The Balaban J connectivity index is 2.06. The predicted octanol–water partition coefficient (Wildman–Crippen LogP) is 2.11. The van der Waals surface area contributed by atoms with Gasteiger partial charge in [0.1, 0.15) is 6.10 Å². The highest BCUT2D eigenvalue weighted by molar-refractivity contribution is 6.03. The van der Waals surface area contributed by atoms with Gasteiger partial charge >= 0.3 is 5.97 Å². The lowest BCUT2D eigenvalue weighted by Gasteiger charge is -2.23. The molecule has 0 aliphatic carbocycles. The number of methoxy groups -OCH3 is 1. The Morgan fingerprint density at radius 1 is 1.35 bits per heavy atom. The van der Waals surface area contributed by atoms with Crippen LogP contribution in [0.25, 0.3) is 10.9 Å². The molecule has 1 aliphatic heterocycles. The first-order chi connectivity index (χ1) is 9.79. The van der Waals surface area contributed by atoms with Crippen molar-refractivity contribution in [1.29, 1.82) is 0 Å². The van der Waals surface area contributed by atoms with Gasteiger partial charge in [-0.1, -0.05) is 6.07 Å². The summed E-state index contributed by atoms with van der Waals surface area (Å²) in [6, 6.07) is 7.43. The molecule has 1 saturated heterocycles. The predicted molar refractivity (Wildman–Crippen MR) is 72.6 cm³/mol. The smallest absolute Gasteiger partial charge is 0.338 e. The second-order valence-corrected chi connectivity index (χ2v) is 4.56. The summed E-state index contributed by atoms with van der Waals surface area (Å²) in [6.07, 6.45) is 1.51. The molecule has 1 aliphatic rings. The van der Waals surface area contributed by atoms with Crippen LogP contribution in [0.1, 0.15) is 22.0 Å². The van der Waals surface area contributed by atoms with Crippen LogP contribution in [0.2, 0.25) is 0 Å². The Bertz CT molecular complexity index is 635. The molecule has 2 heterocycles. The molecule has 1 atom stereocenters. The number of hydrogen-bond donors (Lipinski definition) is 0. The number of rotatable bonds is 2. The molecule has 3 rings (SSSR count). The lowest BCUT2D eigenvalue weighted by atomic mass is 10.0. The van der Waals surface area contributed by atoms with Gasteiger partial charge in [0.05, 0.1) is 38.0 Å². The Morgan fingerprint density at radius 2 is 2.25 bits per heavy atom. The highest BCUT2D eigenvalue weighted by atomic mass is 16.6. The van der Waals surface area contributed by atoms with Crippen molar-refractivity contribution in [3.05, 3.63) is 41.6 Å². The maximum Gasteiger partial charge on any atom is 0.338 e. The normalized spacial score (nSPS) is 18.9. The van der Waals surface area contributed by atoms with E-state index in [1.165, 1.54) is 7.11 Å². The third-order valence-electron chi connectivity index (χ3n) is 3.36. The van der Waals surface area contributed by atoms with Crippen molar-refractivity contribution in [3.8, 4) is 0 Å². The summed E-state index contributed by atoms with van der Waals surface area (Å²) in [4.78, 5) is 16.1. The second-order valence-electron chi connectivity index (χ2n) is 4.56. The molecular weight excluding hydrogens is 258 g/mol. The summed E-state index contributed by atoms with van der Waals surface area (Å²) in [5.74, 6) is -0.365. The van der Waals surface area contributed by atoms with Gasteiger partial charge in [-0.05, 0) is 23.8 Å². The molecule has 1 fully saturated rings. The van der Waals surface area contributed by atoms with Crippen LogP contribution in [-0.2, 0) is 14.2 Å². The number of carbonyl (C=O) groups is 1. The zero-order chi connectivity index (χ0) is 13.9. The molecule has 104 valence electrons. The topological polar surface area (TPSA) is 57.7 Å². The van der Waals surface area contributed by atoms with E-state index in [9.17, 15) is 4.79 Å². The van der Waals surface area contributed by atoms with Gasteiger partial charge in [0.15, 0.2) is 0 Å². The molecule has 5 nitrogen and oxygen atoms in total. The van der Waals surface area contributed by atoms with Gasteiger partial charge in [0.25, 0.3) is 0 Å². The summed E-state index contributed by atoms with van der Waals surface area (Å²) in [6.45, 7) is 1.73. The first kappa shape index (κ1) is 13.0. The standard InChI is InChI=1S/C15H15NO4/c1-18-15(17)11-4-5-16-13-3-2-10(8-12(11)13)14-9-19-6-7-20-14/h2-5,8,14H,6-7,9H2,1H3/t14-/m1/s1. The average Bonchev–Trinajstić information content (AvgIpc) is 2.54. The lowest BCUT2D eigenvalue weighted by Crippen LogP contribution is -2.21. The quantitative estimate of drug-likeness (QED) is 0.784. The second kappa shape index (κ2) is 5.56. The zero-order valence-corrected chi connectivity index (χ0v) is 11.2. The van der Waals surface area contributed by atoms with E-state index in [0.29, 0.717) is 25.4 Å². The van der Waals surface area contributed by atoms with E-state index in [4.69, 9.17) is 14.2 Å². The van der Waals surface area contributed by atoms with Gasteiger partial charge < -0.3 is 14.2 Å². The fraction of sp³-hybridized carbons (Fsp3) is 0.333. The number of pyridine rings is 1. The fourth-order valence-electron chi connectivity index (χ4n) is 2.33. The van der Waals surface area contributed by atoms with Crippen LogP contribution in [-0.4, -0.2) is 37.9 Å². The van der Waals surface area contributed by atoms with Crippen molar-refractivity contribution in [1.82, 2.24) is 4.98 Å². The Labute approximate surface area is 116 Å². The SMILES string of the molecule is COC(=O)c1ccnc2ccc([C@H]3COCCO3)cc12. The van der Waals surface area contributed by atoms with E-state index in [1.54, 1.807) is 12.3 Å².